The van der Waals surface area contributed by atoms with Crippen molar-refractivity contribution < 1.29 is 24.2 Å². The van der Waals surface area contributed by atoms with Crippen molar-refractivity contribution in [1.82, 2.24) is 0 Å². The Bertz CT molecular complexity index is 455. The number of hydrogen-bond acceptors (Lipinski definition) is 4. The maximum absolute atomic E-state index is 11.6. The summed E-state index contributed by atoms with van der Waals surface area (Å²) in [5.74, 6) is -2.48. The van der Waals surface area contributed by atoms with Crippen LogP contribution < -0.4 is 4.74 Å². The summed E-state index contributed by atoms with van der Waals surface area (Å²) in [4.78, 5) is 22.3. The first-order valence-corrected chi connectivity index (χ1v) is 5.02. The Hall–Kier alpha value is -1.59. The van der Waals surface area contributed by atoms with Crippen molar-refractivity contribution in [1.29, 1.82) is 0 Å². The minimum atomic E-state index is -1.55. The van der Waals surface area contributed by atoms with Gasteiger partial charge < -0.3 is 14.6 Å². The van der Waals surface area contributed by atoms with E-state index in [0.29, 0.717) is 10.6 Å². The van der Waals surface area contributed by atoms with Gasteiger partial charge in [-0.15, -0.1) is 0 Å². The van der Waals surface area contributed by atoms with Gasteiger partial charge in [-0.25, -0.2) is 4.79 Å². The van der Waals surface area contributed by atoms with E-state index in [1.807, 2.05) is 0 Å². The number of carboxylic acid groups (broad SMARTS) is 1. The number of hydrogen-bond donors (Lipinski definition) is 1. The minimum absolute atomic E-state index is 0.0359. The summed E-state index contributed by atoms with van der Waals surface area (Å²) in [5, 5.41) is 9.08. The highest BCUT2D eigenvalue weighted by Crippen LogP contribution is 2.28. The van der Waals surface area contributed by atoms with Gasteiger partial charge in [-0.2, -0.15) is 0 Å². The molecule has 0 spiro atoms. The van der Waals surface area contributed by atoms with Gasteiger partial charge in [0, 0.05) is 12.1 Å². The first-order chi connectivity index (χ1) is 8.01. The Morgan fingerprint density at radius 3 is 2.47 bits per heavy atom. The Kier molecular flexibility index (Phi) is 4.48. The van der Waals surface area contributed by atoms with Gasteiger partial charge in [-0.3, -0.25) is 4.79 Å². The molecule has 0 heterocycles. The Balaban J connectivity index is 3.41. The molecule has 1 aromatic rings. The third kappa shape index (κ3) is 2.95. The summed E-state index contributed by atoms with van der Waals surface area (Å²) in [6, 6.07) is 2.86. The maximum atomic E-state index is 11.6. The second kappa shape index (κ2) is 5.65. The van der Waals surface area contributed by atoms with Gasteiger partial charge in [-0.1, -0.05) is 11.6 Å². The largest absolute Gasteiger partial charge is 0.496 e. The second-order valence-electron chi connectivity index (χ2n) is 3.21. The van der Waals surface area contributed by atoms with E-state index in [1.165, 1.54) is 26.4 Å². The van der Waals surface area contributed by atoms with Crippen LogP contribution in [-0.4, -0.2) is 31.1 Å². The third-order valence-electron chi connectivity index (χ3n) is 2.09. The van der Waals surface area contributed by atoms with Gasteiger partial charge in [0.1, 0.15) is 5.75 Å². The number of halogens is 1. The SMILES string of the molecule is COCc1cc(Cl)cc(OC)c1C(=O)C(=O)O. The molecule has 0 saturated heterocycles. The molecule has 0 aromatic heterocycles. The van der Waals surface area contributed by atoms with E-state index in [4.69, 9.17) is 26.2 Å². The summed E-state index contributed by atoms with van der Waals surface area (Å²) in [6.07, 6.45) is 0. The number of benzene rings is 1. The van der Waals surface area contributed by atoms with Crippen LogP contribution in [0.15, 0.2) is 12.1 Å². The zero-order chi connectivity index (χ0) is 13.0. The lowest BCUT2D eigenvalue weighted by Gasteiger charge is -2.11. The maximum Gasteiger partial charge on any atom is 0.377 e. The Morgan fingerprint density at radius 2 is 2.00 bits per heavy atom. The topological polar surface area (TPSA) is 72.8 Å². The van der Waals surface area contributed by atoms with Crippen LogP contribution in [0.3, 0.4) is 0 Å². The van der Waals surface area contributed by atoms with Crippen molar-refractivity contribution in [2.75, 3.05) is 14.2 Å². The normalized spacial score (nSPS) is 10.1. The first kappa shape index (κ1) is 13.5. The predicted molar refractivity (Wildman–Crippen MR) is 60.7 cm³/mol. The molecule has 0 radical (unpaired) electrons. The van der Waals surface area contributed by atoms with Gasteiger partial charge in [0.2, 0.25) is 0 Å². The molecular weight excluding hydrogens is 248 g/mol. The van der Waals surface area contributed by atoms with E-state index in [-0.39, 0.29) is 17.9 Å². The number of carbonyl (C=O) groups excluding carboxylic acids is 1. The number of rotatable bonds is 5. The van der Waals surface area contributed by atoms with Crippen LogP contribution in [0.2, 0.25) is 5.02 Å². The molecule has 0 saturated carbocycles. The van der Waals surface area contributed by atoms with E-state index in [1.54, 1.807) is 0 Å². The molecule has 92 valence electrons. The second-order valence-corrected chi connectivity index (χ2v) is 3.65. The van der Waals surface area contributed by atoms with E-state index in [2.05, 4.69) is 0 Å². The van der Waals surface area contributed by atoms with Crippen LogP contribution in [0.1, 0.15) is 15.9 Å². The number of ether oxygens (including phenoxy) is 2. The molecule has 0 aliphatic carbocycles. The monoisotopic (exact) mass is 258 g/mol. The summed E-state index contributed by atoms with van der Waals surface area (Å²) >= 11 is 5.83. The number of Topliss-reactive ketones (excluding diaryl/α,β-unsaturated/α-hetero) is 1. The van der Waals surface area contributed by atoms with E-state index in [0.717, 1.165) is 0 Å². The van der Waals surface area contributed by atoms with E-state index < -0.39 is 11.8 Å². The van der Waals surface area contributed by atoms with Crippen LogP contribution >= 0.6 is 11.6 Å². The van der Waals surface area contributed by atoms with Crippen LogP contribution in [-0.2, 0) is 16.1 Å². The summed E-state index contributed by atoms with van der Waals surface area (Å²) in [6.45, 7) is 0.0747. The van der Waals surface area contributed by atoms with E-state index >= 15 is 0 Å². The number of ketones is 1. The number of methoxy groups -OCH3 is 2. The van der Waals surface area contributed by atoms with Crippen molar-refractivity contribution in [3.05, 3.63) is 28.3 Å². The van der Waals surface area contributed by atoms with Gasteiger partial charge in [0.15, 0.2) is 0 Å². The fourth-order valence-electron chi connectivity index (χ4n) is 1.43. The zero-order valence-electron chi connectivity index (χ0n) is 9.32. The average molecular weight is 259 g/mol. The highest BCUT2D eigenvalue weighted by atomic mass is 35.5. The molecule has 5 nitrogen and oxygen atoms in total. The lowest BCUT2D eigenvalue weighted by atomic mass is 10.0. The van der Waals surface area contributed by atoms with Crippen molar-refractivity contribution >= 4 is 23.4 Å². The molecule has 0 aliphatic rings. The standard InChI is InChI=1S/C11H11ClO5/c1-16-5-6-3-7(12)4-8(17-2)9(6)10(13)11(14)15/h3-4H,5H2,1-2H3,(H,14,15). The van der Waals surface area contributed by atoms with Gasteiger partial charge in [0.05, 0.1) is 19.3 Å². The molecule has 0 fully saturated rings. The van der Waals surface area contributed by atoms with Crippen molar-refractivity contribution in [2.45, 2.75) is 6.61 Å². The molecule has 0 bridgehead atoms. The first-order valence-electron chi connectivity index (χ1n) is 4.64. The molecule has 6 heteroatoms. The Labute approximate surface area is 103 Å². The third-order valence-corrected chi connectivity index (χ3v) is 2.31. The number of carbonyl (C=O) groups is 2. The fourth-order valence-corrected chi connectivity index (χ4v) is 1.66. The van der Waals surface area contributed by atoms with Crippen molar-refractivity contribution in [2.24, 2.45) is 0 Å². The average Bonchev–Trinajstić information content (AvgIpc) is 2.27. The predicted octanol–water partition coefficient (Wildman–Crippen LogP) is 1.76. The minimum Gasteiger partial charge on any atom is -0.496 e. The number of carboxylic acids is 1. The molecule has 1 aromatic carbocycles. The fraction of sp³-hybridized carbons (Fsp3) is 0.273. The van der Waals surface area contributed by atoms with Crippen LogP contribution in [0.25, 0.3) is 0 Å². The molecule has 0 atom stereocenters. The lowest BCUT2D eigenvalue weighted by molar-refractivity contribution is -0.131. The lowest BCUT2D eigenvalue weighted by Crippen LogP contribution is -2.16. The van der Waals surface area contributed by atoms with Gasteiger partial charge in [0.25, 0.3) is 5.78 Å². The van der Waals surface area contributed by atoms with Crippen LogP contribution in [0.4, 0.5) is 0 Å². The summed E-state index contributed by atoms with van der Waals surface area (Å²) < 4.78 is 9.85. The molecule has 1 N–H and O–H groups in total. The van der Waals surface area contributed by atoms with Gasteiger partial charge >= 0.3 is 5.97 Å². The number of aliphatic carboxylic acids is 1. The summed E-state index contributed by atoms with van der Waals surface area (Å²) in [7, 11) is 2.77. The van der Waals surface area contributed by atoms with Crippen molar-refractivity contribution in [3.63, 3.8) is 0 Å². The van der Waals surface area contributed by atoms with Crippen molar-refractivity contribution in [3.8, 4) is 5.75 Å². The van der Waals surface area contributed by atoms with E-state index in [9.17, 15) is 9.59 Å². The highest BCUT2D eigenvalue weighted by molar-refractivity contribution is 6.41. The molecule has 17 heavy (non-hydrogen) atoms. The zero-order valence-corrected chi connectivity index (χ0v) is 10.1. The highest BCUT2D eigenvalue weighted by Gasteiger charge is 2.23. The molecular formula is C11H11ClO5. The smallest absolute Gasteiger partial charge is 0.377 e. The Morgan fingerprint density at radius 1 is 1.35 bits per heavy atom. The molecule has 0 unspecified atom stereocenters. The molecule has 1 rings (SSSR count). The molecule has 0 amide bonds. The summed E-state index contributed by atoms with van der Waals surface area (Å²) in [5.41, 5.74) is 0.343. The van der Waals surface area contributed by atoms with Crippen LogP contribution in [0.5, 0.6) is 5.75 Å². The van der Waals surface area contributed by atoms with Crippen LogP contribution in [0, 0.1) is 0 Å². The quantitative estimate of drug-likeness (QED) is 0.644. The molecule has 0 aliphatic heterocycles. The van der Waals surface area contributed by atoms with Gasteiger partial charge in [-0.05, 0) is 17.7 Å².